The normalized spacial score (nSPS) is 12.0. The van der Waals surface area contributed by atoms with Crippen LogP contribution < -0.4 is 10.1 Å². The molecule has 0 fully saturated rings. The highest BCUT2D eigenvalue weighted by atomic mass is 16.5. The van der Waals surface area contributed by atoms with E-state index in [2.05, 4.69) is 5.32 Å². The summed E-state index contributed by atoms with van der Waals surface area (Å²) in [7, 11) is 1.58. The number of benzene rings is 1. The van der Waals surface area contributed by atoms with E-state index in [-0.39, 0.29) is 18.2 Å². The Hall–Kier alpha value is -2.27. The standard InChI is InChI=1S/C16H19NO4/c1-10-8-11(2)21-15(10)16(19)17-9-14(18)12-4-6-13(20-3)7-5-12/h4-8,14,18H,9H2,1-3H3,(H,17,19). The summed E-state index contributed by atoms with van der Waals surface area (Å²) in [5.41, 5.74) is 1.49. The summed E-state index contributed by atoms with van der Waals surface area (Å²) in [6.07, 6.45) is -0.781. The van der Waals surface area contributed by atoms with Crippen LogP contribution in [0.25, 0.3) is 0 Å². The summed E-state index contributed by atoms with van der Waals surface area (Å²) in [6.45, 7) is 3.71. The maximum absolute atomic E-state index is 12.0. The third-order valence-corrected chi connectivity index (χ3v) is 3.20. The zero-order chi connectivity index (χ0) is 15.4. The van der Waals surface area contributed by atoms with E-state index in [9.17, 15) is 9.90 Å². The van der Waals surface area contributed by atoms with Gasteiger partial charge in [-0.3, -0.25) is 4.79 Å². The molecule has 1 aromatic heterocycles. The largest absolute Gasteiger partial charge is 0.497 e. The molecule has 1 amide bonds. The first-order valence-electron chi connectivity index (χ1n) is 6.68. The molecular formula is C16H19NO4. The Morgan fingerprint density at radius 1 is 1.33 bits per heavy atom. The smallest absolute Gasteiger partial charge is 0.287 e. The molecule has 0 bridgehead atoms. The predicted octanol–water partition coefficient (Wildman–Crippen LogP) is 2.37. The van der Waals surface area contributed by atoms with Crippen molar-refractivity contribution in [1.29, 1.82) is 0 Å². The van der Waals surface area contributed by atoms with E-state index >= 15 is 0 Å². The molecule has 1 heterocycles. The van der Waals surface area contributed by atoms with Gasteiger partial charge in [-0.2, -0.15) is 0 Å². The molecule has 0 aliphatic carbocycles. The second-order valence-electron chi connectivity index (χ2n) is 4.87. The van der Waals surface area contributed by atoms with Crippen LogP contribution in [0.4, 0.5) is 0 Å². The van der Waals surface area contributed by atoms with Crippen molar-refractivity contribution in [3.05, 3.63) is 53.0 Å². The second-order valence-corrected chi connectivity index (χ2v) is 4.87. The minimum atomic E-state index is -0.781. The summed E-state index contributed by atoms with van der Waals surface area (Å²) in [6, 6.07) is 8.85. The molecule has 0 spiro atoms. The third-order valence-electron chi connectivity index (χ3n) is 3.20. The summed E-state index contributed by atoms with van der Waals surface area (Å²) in [4.78, 5) is 12.0. The molecule has 5 heteroatoms. The van der Waals surface area contributed by atoms with Crippen LogP contribution in [0.2, 0.25) is 0 Å². The van der Waals surface area contributed by atoms with Crippen LogP contribution in [-0.2, 0) is 0 Å². The minimum Gasteiger partial charge on any atom is -0.497 e. The number of aliphatic hydroxyl groups excluding tert-OH is 1. The van der Waals surface area contributed by atoms with E-state index in [0.717, 1.165) is 11.3 Å². The summed E-state index contributed by atoms with van der Waals surface area (Å²) >= 11 is 0. The molecule has 2 aromatic rings. The van der Waals surface area contributed by atoms with Gasteiger partial charge in [0.05, 0.1) is 13.2 Å². The number of hydrogen-bond acceptors (Lipinski definition) is 4. The van der Waals surface area contributed by atoms with Crippen LogP contribution in [0.5, 0.6) is 5.75 Å². The van der Waals surface area contributed by atoms with Crippen LogP contribution in [0, 0.1) is 13.8 Å². The Kier molecular flexibility index (Phi) is 4.65. The monoisotopic (exact) mass is 289 g/mol. The van der Waals surface area contributed by atoms with Gasteiger partial charge in [0.2, 0.25) is 0 Å². The van der Waals surface area contributed by atoms with Crippen molar-refractivity contribution >= 4 is 5.91 Å². The molecule has 1 atom stereocenters. The van der Waals surface area contributed by atoms with Gasteiger partial charge in [-0.1, -0.05) is 12.1 Å². The number of ether oxygens (including phenoxy) is 1. The number of carbonyl (C=O) groups is 1. The van der Waals surface area contributed by atoms with Crippen LogP contribution in [-0.4, -0.2) is 24.7 Å². The lowest BCUT2D eigenvalue weighted by atomic mass is 10.1. The zero-order valence-corrected chi connectivity index (χ0v) is 12.3. The molecule has 2 rings (SSSR count). The first kappa shape index (κ1) is 15.1. The van der Waals surface area contributed by atoms with Gasteiger partial charge in [-0.05, 0) is 37.6 Å². The highest BCUT2D eigenvalue weighted by Crippen LogP contribution is 2.18. The van der Waals surface area contributed by atoms with E-state index in [1.54, 1.807) is 44.4 Å². The highest BCUT2D eigenvalue weighted by Gasteiger charge is 2.16. The molecule has 0 saturated heterocycles. The summed E-state index contributed by atoms with van der Waals surface area (Å²) in [5, 5.41) is 12.7. The van der Waals surface area contributed by atoms with Gasteiger partial charge in [0.15, 0.2) is 5.76 Å². The number of aryl methyl sites for hydroxylation is 2. The van der Waals surface area contributed by atoms with Gasteiger partial charge in [0.1, 0.15) is 11.5 Å². The molecule has 1 aromatic carbocycles. The molecule has 0 aliphatic heterocycles. The predicted molar refractivity (Wildman–Crippen MR) is 78.5 cm³/mol. The highest BCUT2D eigenvalue weighted by molar-refractivity contribution is 5.92. The number of rotatable bonds is 5. The van der Waals surface area contributed by atoms with Gasteiger partial charge in [0.25, 0.3) is 5.91 Å². The van der Waals surface area contributed by atoms with E-state index < -0.39 is 6.10 Å². The summed E-state index contributed by atoms with van der Waals surface area (Å²) in [5.74, 6) is 1.37. The molecule has 0 radical (unpaired) electrons. The van der Waals surface area contributed by atoms with Crippen LogP contribution >= 0.6 is 0 Å². The van der Waals surface area contributed by atoms with Crippen LogP contribution in [0.3, 0.4) is 0 Å². The molecule has 1 unspecified atom stereocenters. The van der Waals surface area contributed by atoms with Crippen LogP contribution in [0.1, 0.15) is 33.5 Å². The fourth-order valence-electron chi connectivity index (χ4n) is 2.08. The van der Waals surface area contributed by atoms with Crippen molar-refractivity contribution in [3.8, 4) is 5.75 Å². The average Bonchev–Trinajstić information content (AvgIpc) is 2.83. The first-order valence-corrected chi connectivity index (χ1v) is 6.68. The minimum absolute atomic E-state index is 0.115. The molecule has 0 aliphatic rings. The molecular weight excluding hydrogens is 270 g/mol. The fraction of sp³-hybridized carbons (Fsp3) is 0.312. The number of carbonyl (C=O) groups excluding carboxylic acids is 1. The van der Waals surface area contributed by atoms with Crippen molar-refractivity contribution in [2.75, 3.05) is 13.7 Å². The molecule has 2 N–H and O–H groups in total. The van der Waals surface area contributed by atoms with Gasteiger partial charge < -0.3 is 19.6 Å². The van der Waals surface area contributed by atoms with Crippen LogP contribution in [0.15, 0.2) is 34.7 Å². The molecule has 21 heavy (non-hydrogen) atoms. The Bertz CT molecular complexity index is 616. The lowest BCUT2D eigenvalue weighted by Crippen LogP contribution is -2.28. The quantitative estimate of drug-likeness (QED) is 0.886. The molecule has 112 valence electrons. The van der Waals surface area contributed by atoms with Gasteiger partial charge in [-0.15, -0.1) is 0 Å². The zero-order valence-electron chi connectivity index (χ0n) is 12.3. The Morgan fingerprint density at radius 2 is 2.00 bits per heavy atom. The Morgan fingerprint density at radius 3 is 2.52 bits per heavy atom. The number of nitrogens with one attached hydrogen (secondary N) is 1. The topological polar surface area (TPSA) is 71.7 Å². The van der Waals surface area contributed by atoms with E-state index in [4.69, 9.17) is 9.15 Å². The fourth-order valence-corrected chi connectivity index (χ4v) is 2.08. The SMILES string of the molecule is COc1ccc(C(O)CNC(=O)c2oc(C)cc2C)cc1. The number of furan rings is 1. The van der Waals surface area contributed by atoms with E-state index in [1.807, 2.05) is 6.92 Å². The van der Waals surface area contributed by atoms with Gasteiger partial charge in [-0.25, -0.2) is 0 Å². The maximum atomic E-state index is 12.0. The lowest BCUT2D eigenvalue weighted by Gasteiger charge is -2.12. The number of aliphatic hydroxyl groups is 1. The van der Waals surface area contributed by atoms with Crippen molar-refractivity contribution in [3.63, 3.8) is 0 Å². The number of methoxy groups -OCH3 is 1. The number of hydrogen-bond donors (Lipinski definition) is 2. The van der Waals surface area contributed by atoms with Crippen molar-refractivity contribution in [2.24, 2.45) is 0 Å². The summed E-state index contributed by atoms with van der Waals surface area (Å²) < 4.78 is 10.4. The van der Waals surface area contributed by atoms with Crippen molar-refractivity contribution in [2.45, 2.75) is 20.0 Å². The second kappa shape index (κ2) is 6.45. The van der Waals surface area contributed by atoms with E-state index in [0.29, 0.717) is 11.3 Å². The molecule has 0 saturated carbocycles. The average molecular weight is 289 g/mol. The van der Waals surface area contributed by atoms with Gasteiger partial charge >= 0.3 is 0 Å². The van der Waals surface area contributed by atoms with E-state index in [1.165, 1.54) is 0 Å². The van der Waals surface area contributed by atoms with Crippen molar-refractivity contribution in [1.82, 2.24) is 5.32 Å². The maximum Gasteiger partial charge on any atom is 0.287 e. The first-order chi connectivity index (χ1) is 10.0. The molecule has 5 nitrogen and oxygen atoms in total. The Labute approximate surface area is 123 Å². The number of amides is 1. The van der Waals surface area contributed by atoms with Crippen molar-refractivity contribution < 1.29 is 19.1 Å². The Balaban J connectivity index is 1.95. The van der Waals surface area contributed by atoms with Gasteiger partial charge in [0, 0.05) is 12.1 Å². The third kappa shape index (κ3) is 3.64. The lowest BCUT2D eigenvalue weighted by molar-refractivity contribution is 0.0887.